The van der Waals surface area contributed by atoms with Crippen LogP contribution in [0.5, 0.6) is 0 Å². The minimum atomic E-state index is 0.0622. The van der Waals surface area contributed by atoms with Gasteiger partial charge in [0.15, 0.2) is 5.65 Å². The standard InChI is InChI=1S/C24H33N5O2/c30-23(16-5-3-6-16)28-11-4-7-17(14-28)21-13-22-25-20-10-12-27(18-8-1-2-9-18)15-19(20)24(31)29(22)26-21/h13,16-18,26H,1-12,14-15H2. The van der Waals surface area contributed by atoms with E-state index in [1.165, 1.54) is 32.1 Å². The largest absolute Gasteiger partial charge is 0.342 e. The van der Waals surface area contributed by atoms with E-state index >= 15 is 0 Å². The molecule has 4 heterocycles. The predicted octanol–water partition coefficient (Wildman–Crippen LogP) is 2.83. The van der Waals surface area contributed by atoms with E-state index < -0.39 is 0 Å². The van der Waals surface area contributed by atoms with Crippen LogP contribution in [0.3, 0.4) is 0 Å². The van der Waals surface area contributed by atoms with Crippen molar-refractivity contribution in [2.45, 2.75) is 82.7 Å². The van der Waals surface area contributed by atoms with Crippen LogP contribution >= 0.6 is 0 Å². The lowest BCUT2D eigenvalue weighted by Crippen LogP contribution is -2.44. The van der Waals surface area contributed by atoms with Crippen LogP contribution in [0.4, 0.5) is 0 Å². The van der Waals surface area contributed by atoms with Gasteiger partial charge in [-0.05, 0) is 38.5 Å². The molecule has 0 spiro atoms. The molecule has 1 unspecified atom stereocenters. The molecule has 1 N–H and O–H groups in total. The fourth-order valence-corrected chi connectivity index (χ4v) is 6.16. The van der Waals surface area contributed by atoms with E-state index in [0.29, 0.717) is 11.9 Å². The summed E-state index contributed by atoms with van der Waals surface area (Å²) < 4.78 is 1.65. The molecule has 0 radical (unpaired) electrons. The molecule has 7 nitrogen and oxygen atoms in total. The fourth-order valence-electron chi connectivity index (χ4n) is 6.16. The Balaban J connectivity index is 1.26. The number of H-pyrrole nitrogens is 1. The van der Waals surface area contributed by atoms with E-state index in [0.717, 1.165) is 80.9 Å². The minimum absolute atomic E-state index is 0.0622. The van der Waals surface area contributed by atoms with Crippen LogP contribution in [0.1, 0.15) is 80.7 Å². The molecule has 1 amide bonds. The van der Waals surface area contributed by atoms with Gasteiger partial charge in [0.2, 0.25) is 5.91 Å². The SMILES string of the molecule is O=C(C1CCC1)N1CCCC(c2cc3nc4c(c(=O)n3[nH]2)CN(C2CCCC2)CC4)C1. The molecule has 31 heavy (non-hydrogen) atoms. The molecule has 1 atom stereocenters. The number of fused-ring (bicyclic) bond motifs is 2. The number of aromatic amines is 1. The van der Waals surface area contributed by atoms with E-state index in [9.17, 15) is 9.59 Å². The third kappa shape index (κ3) is 3.41. The van der Waals surface area contributed by atoms with Crippen LogP contribution in [0.25, 0.3) is 5.65 Å². The zero-order valence-corrected chi connectivity index (χ0v) is 18.3. The van der Waals surface area contributed by atoms with E-state index in [1.807, 2.05) is 6.07 Å². The van der Waals surface area contributed by atoms with Crippen molar-refractivity contribution in [1.29, 1.82) is 0 Å². The maximum atomic E-state index is 13.3. The van der Waals surface area contributed by atoms with Gasteiger partial charge in [0, 0.05) is 62.2 Å². The highest BCUT2D eigenvalue weighted by molar-refractivity contribution is 5.79. The summed E-state index contributed by atoms with van der Waals surface area (Å²) in [5.41, 5.74) is 3.69. The molecule has 2 aromatic heterocycles. The Kier molecular flexibility index (Phi) is 4.89. The summed E-state index contributed by atoms with van der Waals surface area (Å²) in [6.07, 6.45) is 11.4. The average molecular weight is 424 g/mol. The van der Waals surface area contributed by atoms with Crippen molar-refractivity contribution in [1.82, 2.24) is 24.4 Å². The van der Waals surface area contributed by atoms with Crippen LogP contribution in [0.15, 0.2) is 10.9 Å². The maximum absolute atomic E-state index is 13.3. The van der Waals surface area contributed by atoms with Gasteiger partial charge in [-0.25, -0.2) is 9.50 Å². The van der Waals surface area contributed by atoms with E-state index in [4.69, 9.17) is 4.98 Å². The Morgan fingerprint density at radius 1 is 1.03 bits per heavy atom. The maximum Gasteiger partial charge on any atom is 0.277 e. The average Bonchev–Trinajstić information content (AvgIpc) is 3.43. The van der Waals surface area contributed by atoms with Gasteiger partial charge in [-0.1, -0.05) is 19.3 Å². The van der Waals surface area contributed by atoms with E-state index in [2.05, 4.69) is 14.9 Å². The monoisotopic (exact) mass is 423 g/mol. The Morgan fingerprint density at radius 2 is 1.87 bits per heavy atom. The molecular formula is C24H33N5O2. The second-order valence-electron chi connectivity index (χ2n) is 10.2. The lowest BCUT2D eigenvalue weighted by Gasteiger charge is -2.37. The first-order valence-electron chi connectivity index (χ1n) is 12.3. The van der Waals surface area contributed by atoms with Crippen LogP contribution in [0.2, 0.25) is 0 Å². The lowest BCUT2D eigenvalue weighted by atomic mass is 9.83. The van der Waals surface area contributed by atoms with Crippen molar-refractivity contribution in [2.24, 2.45) is 5.92 Å². The molecule has 2 aliphatic carbocycles. The summed E-state index contributed by atoms with van der Waals surface area (Å²) in [6.45, 7) is 3.37. The van der Waals surface area contributed by atoms with Gasteiger partial charge in [0.25, 0.3) is 5.56 Å². The van der Waals surface area contributed by atoms with Gasteiger partial charge in [-0.3, -0.25) is 19.6 Å². The quantitative estimate of drug-likeness (QED) is 0.824. The number of rotatable bonds is 3. The molecule has 6 rings (SSSR count). The summed E-state index contributed by atoms with van der Waals surface area (Å²) in [5.74, 6) is 0.844. The molecule has 2 aliphatic heterocycles. The number of carbonyl (C=O) groups excluding carboxylic acids is 1. The van der Waals surface area contributed by atoms with Crippen molar-refractivity contribution in [3.05, 3.63) is 33.4 Å². The lowest BCUT2D eigenvalue weighted by molar-refractivity contribution is -0.139. The molecule has 4 aliphatic rings. The number of carbonyl (C=O) groups is 1. The highest BCUT2D eigenvalue weighted by atomic mass is 16.2. The first-order chi connectivity index (χ1) is 15.2. The van der Waals surface area contributed by atoms with E-state index in [-0.39, 0.29) is 17.4 Å². The smallest absolute Gasteiger partial charge is 0.277 e. The van der Waals surface area contributed by atoms with Gasteiger partial charge in [-0.15, -0.1) is 0 Å². The minimum Gasteiger partial charge on any atom is -0.342 e. The van der Waals surface area contributed by atoms with Gasteiger partial charge >= 0.3 is 0 Å². The first kappa shape index (κ1) is 19.5. The zero-order chi connectivity index (χ0) is 20.9. The topological polar surface area (TPSA) is 73.7 Å². The molecule has 7 heteroatoms. The number of hydrogen-bond acceptors (Lipinski definition) is 4. The first-order valence-corrected chi connectivity index (χ1v) is 12.3. The Labute approximate surface area is 182 Å². The number of likely N-dealkylation sites (tertiary alicyclic amines) is 1. The summed E-state index contributed by atoms with van der Waals surface area (Å²) in [4.78, 5) is 35.5. The third-order valence-electron chi connectivity index (χ3n) is 8.28. The molecule has 166 valence electrons. The van der Waals surface area contributed by atoms with Crippen LogP contribution in [-0.2, 0) is 17.8 Å². The van der Waals surface area contributed by atoms with Gasteiger partial charge in [-0.2, -0.15) is 0 Å². The number of piperidine rings is 1. The van der Waals surface area contributed by atoms with Crippen molar-refractivity contribution >= 4 is 11.6 Å². The van der Waals surface area contributed by atoms with Crippen LogP contribution in [0, 0.1) is 5.92 Å². The zero-order valence-electron chi connectivity index (χ0n) is 18.3. The summed E-state index contributed by atoms with van der Waals surface area (Å²) in [7, 11) is 0. The molecule has 0 aromatic carbocycles. The molecule has 2 aromatic rings. The van der Waals surface area contributed by atoms with Gasteiger partial charge in [0.1, 0.15) is 0 Å². The van der Waals surface area contributed by atoms with Crippen molar-refractivity contribution in [2.75, 3.05) is 19.6 Å². The Bertz CT molecular complexity index is 1050. The molecule has 1 saturated heterocycles. The number of hydrogen-bond donors (Lipinski definition) is 1. The summed E-state index contributed by atoms with van der Waals surface area (Å²) in [5, 5.41) is 3.37. The number of aromatic nitrogens is 3. The molecule has 3 fully saturated rings. The predicted molar refractivity (Wildman–Crippen MR) is 118 cm³/mol. The van der Waals surface area contributed by atoms with Crippen molar-refractivity contribution in [3.8, 4) is 0 Å². The van der Waals surface area contributed by atoms with Crippen LogP contribution in [-0.4, -0.2) is 56.0 Å². The fraction of sp³-hybridized carbons (Fsp3) is 0.708. The van der Waals surface area contributed by atoms with Crippen molar-refractivity contribution in [3.63, 3.8) is 0 Å². The molecule has 2 saturated carbocycles. The number of nitrogens with one attached hydrogen (secondary N) is 1. The van der Waals surface area contributed by atoms with Gasteiger partial charge in [0.05, 0.1) is 11.3 Å². The second-order valence-corrected chi connectivity index (χ2v) is 10.2. The second kappa shape index (κ2) is 7.76. The molecule has 0 bridgehead atoms. The van der Waals surface area contributed by atoms with Crippen LogP contribution < -0.4 is 5.56 Å². The number of nitrogens with zero attached hydrogens (tertiary/aromatic N) is 4. The summed E-state index contributed by atoms with van der Waals surface area (Å²) in [6, 6.07) is 2.68. The molecular weight excluding hydrogens is 390 g/mol. The summed E-state index contributed by atoms with van der Waals surface area (Å²) >= 11 is 0. The Morgan fingerprint density at radius 3 is 2.65 bits per heavy atom. The highest BCUT2D eigenvalue weighted by Crippen LogP contribution is 2.33. The highest BCUT2D eigenvalue weighted by Gasteiger charge is 2.34. The van der Waals surface area contributed by atoms with E-state index in [1.54, 1.807) is 4.52 Å². The normalized spacial score (nSPS) is 25.7. The third-order valence-corrected chi connectivity index (χ3v) is 8.28. The number of amides is 1. The van der Waals surface area contributed by atoms with Crippen molar-refractivity contribution < 1.29 is 4.79 Å². The Hall–Kier alpha value is -2.15. The van der Waals surface area contributed by atoms with Gasteiger partial charge < -0.3 is 4.90 Å².